The SMILES string of the molecule is COC(=O)COc1cccc2c1c1c(n2Cc2ccco2)CCCCC1C(N)=O. The minimum absolute atomic E-state index is 0.199. The van der Waals surface area contributed by atoms with Crippen molar-refractivity contribution in [2.24, 2.45) is 5.73 Å². The van der Waals surface area contributed by atoms with E-state index in [2.05, 4.69) is 4.57 Å². The van der Waals surface area contributed by atoms with E-state index in [-0.39, 0.29) is 12.5 Å². The van der Waals surface area contributed by atoms with Crippen molar-refractivity contribution in [1.29, 1.82) is 0 Å². The molecule has 1 amide bonds. The Labute approximate surface area is 168 Å². The number of carbonyl (C=O) groups is 2. The fourth-order valence-corrected chi connectivity index (χ4v) is 4.22. The molecule has 0 fully saturated rings. The van der Waals surface area contributed by atoms with E-state index in [4.69, 9.17) is 19.6 Å². The van der Waals surface area contributed by atoms with Crippen molar-refractivity contribution in [2.75, 3.05) is 13.7 Å². The van der Waals surface area contributed by atoms with Crippen molar-refractivity contribution in [3.8, 4) is 5.75 Å². The number of furan rings is 1. The zero-order valence-corrected chi connectivity index (χ0v) is 16.3. The van der Waals surface area contributed by atoms with Crippen LogP contribution in [0.5, 0.6) is 5.75 Å². The minimum atomic E-state index is -0.463. The lowest BCUT2D eigenvalue weighted by Gasteiger charge is -2.14. The van der Waals surface area contributed by atoms with Gasteiger partial charge in [0.15, 0.2) is 6.61 Å². The molecule has 2 heterocycles. The standard InChI is InChI=1S/C22H24N2O5/c1-27-19(25)13-29-18-10-4-9-17-21(18)20-15(22(23)26)7-2-3-8-16(20)24(17)12-14-6-5-11-28-14/h4-6,9-11,15H,2-3,7-8,12-13H2,1H3,(H2,23,26). The van der Waals surface area contributed by atoms with Gasteiger partial charge in [0.1, 0.15) is 11.5 Å². The number of amides is 1. The average Bonchev–Trinajstić information content (AvgIpc) is 3.27. The Bertz CT molecular complexity index is 1040. The minimum Gasteiger partial charge on any atom is -0.481 e. The molecule has 0 bridgehead atoms. The van der Waals surface area contributed by atoms with Gasteiger partial charge in [-0.3, -0.25) is 4.79 Å². The second-order valence-corrected chi connectivity index (χ2v) is 7.24. The normalized spacial score (nSPS) is 16.2. The number of hydrogen-bond acceptors (Lipinski definition) is 5. The van der Waals surface area contributed by atoms with Crippen molar-refractivity contribution in [2.45, 2.75) is 38.1 Å². The summed E-state index contributed by atoms with van der Waals surface area (Å²) in [4.78, 5) is 24.0. The highest BCUT2D eigenvalue weighted by molar-refractivity contribution is 5.97. The number of fused-ring (bicyclic) bond motifs is 3. The number of nitrogens with zero attached hydrogens (tertiary/aromatic N) is 1. The molecule has 1 unspecified atom stereocenters. The molecule has 1 aliphatic carbocycles. The van der Waals surface area contributed by atoms with Crippen LogP contribution >= 0.6 is 0 Å². The van der Waals surface area contributed by atoms with Crippen LogP contribution in [0.4, 0.5) is 0 Å². The predicted octanol–water partition coefficient (Wildman–Crippen LogP) is 3.13. The maximum Gasteiger partial charge on any atom is 0.343 e. The van der Waals surface area contributed by atoms with Crippen LogP contribution in [0.15, 0.2) is 41.0 Å². The summed E-state index contributed by atoms with van der Waals surface area (Å²) in [7, 11) is 1.32. The third-order valence-electron chi connectivity index (χ3n) is 5.52. The van der Waals surface area contributed by atoms with Crippen molar-refractivity contribution in [3.63, 3.8) is 0 Å². The van der Waals surface area contributed by atoms with Crippen LogP contribution in [-0.4, -0.2) is 30.2 Å². The second kappa shape index (κ2) is 8.03. The summed E-state index contributed by atoms with van der Waals surface area (Å²) < 4.78 is 18.2. The third-order valence-corrected chi connectivity index (χ3v) is 5.52. The molecule has 7 heteroatoms. The third kappa shape index (κ3) is 3.60. The van der Waals surface area contributed by atoms with Gasteiger partial charge in [-0.15, -0.1) is 0 Å². The van der Waals surface area contributed by atoms with Gasteiger partial charge in [0, 0.05) is 11.1 Å². The van der Waals surface area contributed by atoms with E-state index in [0.717, 1.165) is 47.2 Å². The number of carbonyl (C=O) groups excluding carboxylic acids is 2. The summed E-state index contributed by atoms with van der Waals surface area (Å²) in [5.41, 5.74) is 8.72. The summed E-state index contributed by atoms with van der Waals surface area (Å²) in [6.07, 6.45) is 5.09. The fraction of sp³-hybridized carbons (Fsp3) is 0.364. The largest absolute Gasteiger partial charge is 0.481 e. The zero-order chi connectivity index (χ0) is 20.4. The number of nitrogens with two attached hydrogens (primary N) is 1. The van der Waals surface area contributed by atoms with Gasteiger partial charge in [0.05, 0.1) is 31.4 Å². The molecule has 0 radical (unpaired) electrons. The van der Waals surface area contributed by atoms with E-state index in [9.17, 15) is 9.59 Å². The number of hydrogen-bond donors (Lipinski definition) is 1. The van der Waals surface area contributed by atoms with Crippen LogP contribution in [0.2, 0.25) is 0 Å². The molecule has 7 nitrogen and oxygen atoms in total. The van der Waals surface area contributed by atoms with Gasteiger partial charge >= 0.3 is 5.97 Å². The molecule has 152 valence electrons. The molecular formula is C22H24N2O5. The van der Waals surface area contributed by atoms with Crippen molar-refractivity contribution in [1.82, 2.24) is 4.57 Å². The highest BCUT2D eigenvalue weighted by atomic mass is 16.6. The Hall–Kier alpha value is -3.22. The summed E-state index contributed by atoms with van der Waals surface area (Å²) >= 11 is 0. The lowest BCUT2D eigenvalue weighted by atomic mass is 9.92. The Balaban J connectivity index is 1.92. The van der Waals surface area contributed by atoms with E-state index in [1.165, 1.54) is 7.11 Å². The summed E-state index contributed by atoms with van der Waals surface area (Å²) in [6.45, 7) is 0.347. The predicted molar refractivity (Wildman–Crippen MR) is 107 cm³/mol. The van der Waals surface area contributed by atoms with E-state index < -0.39 is 11.9 Å². The molecule has 3 aromatic rings. The van der Waals surface area contributed by atoms with Crippen LogP contribution in [-0.2, 0) is 27.3 Å². The Morgan fingerprint density at radius 2 is 2.10 bits per heavy atom. The Morgan fingerprint density at radius 3 is 2.83 bits per heavy atom. The molecule has 0 spiro atoms. The van der Waals surface area contributed by atoms with Gasteiger partial charge in [-0.05, 0) is 49.1 Å². The average molecular weight is 396 g/mol. The van der Waals surface area contributed by atoms with Crippen LogP contribution in [0.3, 0.4) is 0 Å². The highest BCUT2D eigenvalue weighted by Gasteiger charge is 2.31. The number of esters is 1. The van der Waals surface area contributed by atoms with Crippen molar-refractivity contribution < 1.29 is 23.5 Å². The second-order valence-electron chi connectivity index (χ2n) is 7.24. The molecule has 29 heavy (non-hydrogen) atoms. The fourth-order valence-electron chi connectivity index (χ4n) is 4.22. The first kappa shape index (κ1) is 19.1. The van der Waals surface area contributed by atoms with Crippen molar-refractivity contribution in [3.05, 3.63) is 53.6 Å². The first-order valence-corrected chi connectivity index (χ1v) is 9.75. The molecule has 1 aromatic carbocycles. The van der Waals surface area contributed by atoms with Crippen molar-refractivity contribution >= 4 is 22.8 Å². The summed E-state index contributed by atoms with van der Waals surface area (Å²) in [5.74, 6) is 0.180. The van der Waals surface area contributed by atoms with Gasteiger partial charge in [0.25, 0.3) is 0 Å². The van der Waals surface area contributed by atoms with Crippen LogP contribution in [0.25, 0.3) is 10.9 Å². The Kier molecular flexibility index (Phi) is 5.29. The van der Waals surface area contributed by atoms with Gasteiger partial charge in [-0.25, -0.2) is 4.79 Å². The molecular weight excluding hydrogens is 372 g/mol. The van der Waals surface area contributed by atoms with E-state index in [1.807, 2.05) is 30.3 Å². The quantitative estimate of drug-likeness (QED) is 0.510. The molecule has 2 aromatic heterocycles. The van der Waals surface area contributed by atoms with E-state index in [0.29, 0.717) is 18.7 Å². The monoisotopic (exact) mass is 396 g/mol. The van der Waals surface area contributed by atoms with Gasteiger partial charge in [-0.1, -0.05) is 12.5 Å². The van der Waals surface area contributed by atoms with Gasteiger partial charge in [0.2, 0.25) is 5.91 Å². The van der Waals surface area contributed by atoms with Gasteiger partial charge in [-0.2, -0.15) is 0 Å². The molecule has 0 saturated heterocycles. The first-order chi connectivity index (χ1) is 14.1. The topological polar surface area (TPSA) is 96.7 Å². The Morgan fingerprint density at radius 1 is 1.24 bits per heavy atom. The zero-order valence-electron chi connectivity index (χ0n) is 16.3. The highest BCUT2D eigenvalue weighted by Crippen LogP contribution is 2.42. The lowest BCUT2D eigenvalue weighted by Crippen LogP contribution is -2.21. The molecule has 1 atom stereocenters. The number of methoxy groups -OCH3 is 1. The first-order valence-electron chi connectivity index (χ1n) is 9.75. The summed E-state index contributed by atoms with van der Waals surface area (Å²) in [5, 5.41) is 0.837. The van der Waals surface area contributed by atoms with Crippen LogP contribution in [0.1, 0.15) is 42.2 Å². The molecule has 2 N–H and O–H groups in total. The van der Waals surface area contributed by atoms with Crippen LogP contribution < -0.4 is 10.5 Å². The van der Waals surface area contributed by atoms with Crippen LogP contribution in [0, 0.1) is 0 Å². The maximum absolute atomic E-state index is 12.3. The number of rotatable bonds is 6. The number of primary amides is 1. The molecule has 0 saturated carbocycles. The maximum atomic E-state index is 12.3. The number of benzene rings is 1. The molecule has 4 rings (SSSR count). The number of ether oxygens (including phenoxy) is 2. The molecule has 0 aliphatic heterocycles. The number of aromatic nitrogens is 1. The lowest BCUT2D eigenvalue weighted by molar-refractivity contribution is -0.142. The summed E-state index contributed by atoms with van der Waals surface area (Å²) in [6, 6.07) is 9.47. The van der Waals surface area contributed by atoms with E-state index >= 15 is 0 Å². The smallest absolute Gasteiger partial charge is 0.343 e. The van der Waals surface area contributed by atoms with Gasteiger partial charge < -0.3 is 24.2 Å². The molecule has 1 aliphatic rings. The van der Waals surface area contributed by atoms with E-state index in [1.54, 1.807) is 6.26 Å².